The van der Waals surface area contributed by atoms with E-state index in [2.05, 4.69) is 86.8 Å². The van der Waals surface area contributed by atoms with Crippen LogP contribution in [0.25, 0.3) is 82.1 Å². The maximum atomic E-state index is 10.3. The van der Waals surface area contributed by atoms with E-state index in [1.165, 1.54) is 0 Å². The molecular weight excluding hydrogens is 611 g/mol. The molecule has 50 heavy (non-hydrogen) atoms. The van der Waals surface area contributed by atoms with Crippen LogP contribution in [-0.2, 0) is 0 Å². The molecule has 0 N–H and O–H groups in total. The highest BCUT2D eigenvalue weighted by Crippen LogP contribution is 2.41. The van der Waals surface area contributed by atoms with Gasteiger partial charge in [-0.25, -0.2) is 4.85 Å². The van der Waals surface area contributed by atoms with Crippen LogP contribution in [0.15, 0.2) is 152 Å². The SMILES string of the molecule is [C-]#[N+]c1c(C#N)cc(-n2c3ccccc3c3ccccc32)cc1-c1cccc(-c2ccccc2-n2c3ccccc3c3cc(C#N)ccc32)c1. The summed E-state index contributed by atoms with van der Waals surface area (Å²) in [4.78, 5) is 3.90. The fourth-order valence-corrected chi connectivity index (χ4v) is 7.44. The largest absolute Gasteiger partial charge is 0.309 e. The molecule has 9 aromatic rings. The van der Waals surface area contributed by atoms with Gasteiger partial charge in [-0.1, -0.05) is 91.0 Å². The molecule has 0 saturated heterocycles. The van der Waals surface area contributed by atoms with Crippen molar-refractivity contribution in [2.24, 2.45) is 0 Å². The zero-order valence-corrected chi connectivity index (χ0v) is 26.7. The van der Waals surface area contributed by atoms with Gasteiger partial charge < -0.3 is 9.13 Å². The van der Waals surface area contributed by atoms with Crippen molar-refractivity contribution in [3.63, 3.8) is 0 Å². The molecule has 2 aromatic heterocycles. The molecule has 2 heterocycles. The van der Waals surface area contributed by atoms with Gasteiger partial charge in [-0.15, -0.1) is 0 Å². The molecule has 0 spiro atoms. The monoisotopic (exact) mass is 635 g/mol. The minimum Gasteiger partial charge on any atom is -0.309 e. The van der Waals surface area contributed by atoms with Crippen LogP contribution in [0, 0.1) is 29.2 Å². The van der Waals surface area contributed by atoms with Crippen LogP contribution >= 0.6 is 0 Å². The topological polar surface area (TPSA) is 61.8 Å². The lowest BCUT2D eigenvalue weighted by Crippen LogP contribution is -1.98. The average molecular weight is 636 g/mol. The van der Waals surface area contributed by atoms with Crippen molar-refractivity contribution in [3.05, 3.63) is 174 Å². The highest BCUT2D eigenvalue weighted by molar-refractivity contribution is 6.11. The Labute approximate surface area is 288 Å². The summed E-state index contributed by atoms with van der Waals surface area (Å²) in [5, 5.41) is 24.3. The Bertz CT molecular complexity index is 2920. The first-order chi connectivity index (χ1) is 24.7. The Morgan fingerprint density at radius 3 is 1.72 bits per heavy atom. The number of nitriles is 2. The minimum atomic E-state index is 0.332. The molecule has 0 unspecified atom stereocenters. The van der Waals surface area contributed by atoms with Crippen molar-refractivity contribution < 1.29 is 0 Å². The third-order valence-corrected chi connectivity index (χ3v) is 9.60. The Kier molecular flexibility index (Phi) is 6.56. The number of rotatable bonds is 4. The number of hydrogen-bond donors (Lipinski definition) is 0. The first kappa shape index (κ1) is 28.8. The van der Waals surface area contributed by atoms with Gasteiger partial charge in [0.2, 0.25) is 5.69 Å². The minimum absolute atomic E-state index is 0.332. The van der Waals surface area contributed by atoms with Gasteiger partial charge in [0, 0.05) is 32.8 Å². The lowest BCUT2D eigenvalue weighted by Gasteiger charge is -2.16. The van der Waals surface area contributed by atoms with E-state index in [9.17, 15) is 10.5 Å². The molecule has 0 amide bonds. The van der Waals surface area contributed by atoms with E-state index in [1.54, 1.807) is 0 Å². The van der Waals surface area contributed by atoms with Crippen molar-refractivity contribution in [1.82, 2.24) is 9.13 Å². The predicted molar refractivity (Wildman–Crippen MR) is 202 cm³/mol. The summed E-state index contributed by atoms with van der Waals surface area (Å²) in [6.07, 6.45) is 0. The maximum absolute atomic E-state index is 10.3. The molecule has 230 valence electrons. The molecule has 0 aliphatic heterocycles. The van der Waals surface area contributed by atoms with E-state index < -0.39 is 0 Å². The number of hydrogen-bond acceptors (Lipinski definition) is 2. The second-order valence-corrected chi connectivity index (χ2v) is 12.3. The lowest BCUT2D eigenvalue weighted by molar-refractivity contribution is 1.18. The van der Waals surface area contributed by atoms with Crippen LogP contribution in [-0.4, -0.2) is 9.13 Å². The average Bonchev–Trinajstić information content (AvgIpc) is 3.70. The molecule has 0 fully saturated rings. The summed E-state index contributed by atoms with van der Waals surface area (Å²) in [5.41, 5.74) is 10.8. The summed E-state index contributed by atoms with van der Waals surface area (Å²) in [7, 11) is 0. The maximum Gasteiger partial charge on any atom is 0.212 e. The van der Waals surface area contributed by atoms with Crippen molar-refractivity contribution in [2.75, 3.05) is 0 Å². The Hall–Kier alpha value is -7.39. The summed E-state index contributed by atoms with van der Waals surface area (Å²) >= 11 is 0. The van der Waals surface area contributed by atoms with Crippen molar-refractivity contribution >= 4 is 49.3 Å². The van der Waals surface area contributed by atoms with Gasteiger partial charge in [-0.2, -0.15) is 10.5 Å². The normalized spacial score (nSPS) is 11.1. The van der Waals surface area contributed by atoms with Gasteiger partial charge in [-0.05, 0) is 77.4 Å². The molecule has 0 atom stereocenters. The number of aromatic nitrogens is 2. The second-order valence-electron chi connectivity index (χ2n) is 12.3. The van der Waals surface area contributed by atoms with Crippen molar-refractivity contribution in [3.8, 4) is 45.8 Å². The summed E-state index contributed by atoms with van der Waals surface area (Å²) in [6.45, 7) is 8.16. The molecule has 0 aliphatic rings. The lowest BCUT2D eigenvalue weighted by atomic mass is 9.95. The van der Waals surface area contributed by atoms with Crippen LogP contribution in [0.1, 0.15) is 11.1 Å². The fourth-order valence-electron chi connectivity index (χ4n) is 7.44. The Balaban J connectivity index is 1.26. The van der Waals surface area contributed by atoms with Gasteiger partial charge in [0.25, 0.3) is 0 Å². The van der Waals surface area contributed by atoms with Crippen LogP contribution in [0.3, 0.4) is 0 Å². The van der Waals surface area contributed by atoms with E-state index >= 15 is 0 Å². The summed E-state index contributed by atoms with van der Waals surface area (Å²) in [6, 6.07) is 55.7. The van der Waals surface area contributed by atoms with Crippen LogP contribution in [0.2, 0.25) is 0 Å². The van der Waals surface area contributed by atoms with Gasteiger partial charge in [0.05, 0.1) is 57.6 Å². The van der Waals surface area contributed by atoms with Crippen LogP contribution in [0.5, 0.6) is 0 Å². The zero-order chi connectivity index (χ0) is 33.8. The van der Waals surface area contributed by atoms with E-state index in [0.717, 1.165) is 71.7 Å². The zero-order valence-electron chi connectivity index (χ0n) is 26.7. The molecule has 0 radical (unpaired) electrons. The highest BCUT2D eigenvalue weighted by Gasteiger charge is 2.20. The fraction of sp³-hybridized carbons (Fsp3) is 0. The molecule has 7 aromatic carbocycles. The van der Waals surface area contributed by atoms with Gasteiger partial charge in [0.15, 0.2) is 0 Å². The molecular formula is C45H25N5. The number of fused-ring (bicyclic) bond motifs is 6. The van der Waals surface area contributed by atoms with E-state index in [0.29, 0.717) is 22.4 Å². The molecule has 0 saturated carbocycles. The Morgan fingerprint density at radius 1 is 0.480 bits per heavy atom. The van der Waals surface area contributed by atoms with Gasteiger partial charge in [0.1, 0.15) is 0 Å². The number of nitrogens with zero attached hydrogens (tertiary/aromatic N) is 5. The van der Waals surface area contributed by atoms with Crippen LogP contribution < -0.4 is 0 Å². The highest BCUT2D eigenvalue weighted by atomic mass is 15.0. The third-order valence-electron chi connectivity index (χ3n) is 9.60. The quantitative estimate of drug-likeness (QED) is 0.181. The smallest absolute Gasteiger partial charge is 0.212 e. The first-order valence-electron chi connectivity index (χ1n) is 16.3. The van der Waals surface area contributed by atoms with E-state index in [-0.39, 0.29) is 0 Å². The van der Waals surface area contributed by atoms with E-state index in [4.69, 9.17) is 6.57 Å². The van der Waals surface area contributed by atoms with Crippen molar-refractivity contribution in [2.45, 2.75) is 0 Å². The van der Waals surface area contributed by atoms with Crippen LogP contribution in [0.4, 0.5) is 5.69 Å². The molecule has 0 aliphatic carbocycles. The standard InChI is InChI=1S/C45H25N5/c1-48-45-32(28-47)25-33(49-41-18-7-3-14-35(41)36-15-4-8-19-42(36)49)26-38(45)31-12-10-11-30(24-31)34-13-2-6-17-40(34)50-43-20-9-5-16-37(43)39-23-29(27-46)21-22-44(39)50/h2-26H. The molecule has 5 heteroatoms. The summed E-state index contributed by atoms with van der Waals surface area (Å²) in [5.74, 6) is 0. The predicted octanol–water partition coefficient (Wildman–Crippen LogP) is 11.5. The first-order valence-corrected chi connectivity index (χ1v) is 16.3. The summed E-state index contributed by atoms with van der Waals surface area (Å²) < 4.78 is 4.44. The molecule has 5 nitrogen and oxygen atoms in total. The van der Waals surface area contributed by atoms with Crippen molar-refractivity contribution in [1.29, 1.82) is 10.5 Å². The van der Waals surface area contributed by atoms with E-state index in [1.807, 2.05) is 91.0 Å². The number of para-hydroxylation sites is 4. The second kappa shape index (κ2) is 11.4. The molecule has 9 rings (SSSR count). The third kappa shape index (κ3) is 4.31. The molecule has 0 bridgehead atoms. The van der Waals surface area contributed by atoms with Gasteiger partial charge >= 0.3 is 0 Å². The van der Waals surface area contributed by atoms with Gasteiger partial charge in [-0.3, -0.25) is 0 Å². The number of benzene rings is 7. The Morgan fingerprint density at radius 2 is 1.06 bits per heavy atom.